The van der Waals surface area contributed by atoms with Crippen LogP contribution in [0.5, 0.6) is 17.2 Å². The van der Waals surface area contributed by atoms with E-state index < -0.39 is 31.1 Å². The molecule has 446 valence electrons. The summed E-state index contributed by atoms with van der Waals surface area (Å²) in [5, 5.41) is 1.23. The number of nitrogens with one attached hydrogen (secondary N) is 1. The second-order valence-corrected chi connectivity index (χ2v) is 28.3. The van der Waals surface area contributed by atoms with Gasteiger partial charge in [-0.05, 0) is 135 Å². The summed E-state index contributed by atoms with van der Waals surface area (Å²) in [4.78, 5) is 85.5. The number of carbonyl (C=O) groups excluding carboxylic acids is 6. The minimum atomic E-state index is -4.23. The number of fused-ring (bicyclic) bond motifs is 8. The van der Waals surface area contributed by atoms with E-state index in [9.17, 15) is 37.2 Å². The molecule has 1 saturated heterocycles. The van der Waals surface area contributed by atoms with Crippen LogP contribution in [0.1, 0.15) is 101 Å². The highest BCUT2D eigenvalue weighted by Crippen LogP contribution is 2.43. The minimum Gasteiger partial charge on any atom is -0.493 e. The second kappa shape index (κ2) is 25.5. The number of anilines is 3. The molecule has 4 atom stereocenters. The van der Waals surface area contributed by atoms with Crippen LogP contribution in [0.4, 0.5) is 28.4 Å². The van der Waals surface area contributed by atoms with Gasteiger partial charge in [0.05, 0.1) is 30.8 Å². The van der Waals surface area contributed by atoms with Crippen molar-refractivity contribution in [3.8, 4) is 17.2 Å². The molecule has 85 heavy (non-hydrogen) atoms. The number of nitrogens with zero attached hydrogens (tertiary/aromatic N) is 5. The first-order valence-corrected chi connectivity index (χ1v) is 33.1. The van der Waals surface area contributed by atoms with Gasteiger partial charge in [-0.25, -0.2) is 0 Å². The van der Waals surface area contributed by atoms with Crippen LogP contribution in [0.3, 0.4) is 0 Å². The highest BCUT2D eigenvalue weighted by atomic mass is 33.1. The lowest BCUT2D eigenvalue weighted by molar-refractivity contribution is -0.401. The number of aryl methyl sites for hydroxylation is 1. The van der Waals surface area contributed by atoms with E-state index in [0.717, 1.165) is 45.6 Å². The number of ether oxygens (including phenoxy) is 3. The number of amides is 5. The fourth-order valence-electron chi connectivity index (χ4n) is 11.5. The van der Waals surface area contributed by atoms with Gasteiger partial charge in [0.1, 0.15) is 44.1 Å². The van der Waals surface area contributed by atoms with Crippen molar-refractivity contribution in [1.82, 2.24) is 4.90 Å². The van der Waals surface area contributed by atoms with Crippen molar-refractivity contribution in [1.29, 1.82) is 0 Å². The molecule has 2 unspecified atom stereocenters. The second-order valence-electron chi connectivity index (χ2n) is 22.2. The van der Waals surface area contributed by atoms with Gasteiger partial charge in [-0.2, -0.15) is 20.2 Å². The molecule has 1 fully saturated rings. The third-order valence-electron chi connectivity index (χ3n) is 15.9. The summed E-state index contributed by atoms with van der Waals surface area (Å²) in [7, 11) is 4.95. The molecule has 5 aromatic rings. The number of thioether (sulfide) groups is 1. The first-order chi connectivity index (χ1) is 40.7. The van der Waals surface area contributed by atoms with E-state index in [-0.39, 0.29) is 93.5 Å². The van der Waals surface area contributed by atoms with Crippen LogP contribution in [-0.4, -0.2) is 144 Å². The van der Waals surface area contributed by atoms with Gasteiger partial charge in [-0.1, -0.05) is 64.1 Å². The molecule has 5 aliphatic rings. The number of likely N-dealkylation sites (tertiary alicyclic amines) is 1. The molecule has 0 aliphatic carbocycles. The van der Waals surface area contributed by atoms with Crippen molar-refractivity contribution >= 4 is 120 Å². The maximum absolute atomic E-state index is 14.3. The number of benzene rings is 5. The zero-order valence-electron chi connectivity index (χ0n) is 48.7. The highest BCUT2D eigenvalue weighted by molar-refractivity contribution is 8.77. The molecular formula is C63H68N6O12S4. The third-order valence-corrected chi connectivity index (χ3v) is 21.9. The first kappa shape index (κ1) is 61.1. The van der Waals surface area contributed by atoms with E-state index >= 15 is 0 Å². The standard InChI is InChI=1S/C63H68N6O12S4/c1-38-24-46-50(65(4)34-44-28-41-14-9-11-16-48(41)68(44)60(46)73)31-53(38)80-36-39-25-40(37-81-55-32-51-47(30-54(55)78-6)61(74)69-45(35-66(51)5)29-42-15-10-12-17-49(42)69)27-43(26-39)64-58(71)19-21-63(2,3)84-83-23-20-57(85(76,77)79-7)52(70)18-13-22-67-59(72)33-56(82-8)62(67)75/h9-12,14-17,24-27,30-32,44-45,56-57H,13,18-23,28-29,33,36-37H2,1-8H3,(H,64,71)/t44-,45-,56?,57?/m0/s1. The maximum Gasteiger partial charge on any atom is 0.277 e. The van der Waals surface area contributed by atoms with Gasteiger partial charge in [0, 0.05) is 89.0 Å². The highest BCUT2D eigenvalue weighted by Gasteiger charge is 2.40. The molecule has 0 radical (unpaired) electrons. The third kappa shape index (κ3) is 13.1. The Kier molecular flexibility index (Phi) is 18.4. The average Bonchev–Trinajstić information content (AvgIpc) is 1.98. The monoisotopic (exact) mass is 1230 g/mol. The van der Waals surface area contributed by atoms with Crippen LogP contribution >= 0.6 is 33.3 Å². The van der Waals surface area contributed by atoms with E-state index in [1.54, 1.807) is 23.3 Å². The summed E-state index contributed by atoms with van der Waals surface area (Å²) in [6.07, 6.45) is 10.7. The number of para-hydroxylation sites is 2. The topological polar surface area (TPSA) is 201 Å². The Labute approximate surface area is 508 Å². The molecule has 0 bridgehead atoms. The predicted molar refractivity (Wildman–Crippen MR) is 332 cm³/mol. The first-order valence-electron chi connectivity index (χ1n) is 28.0. The summed E-state index contributed by atoms with van der Waals surface area (Å²) in [5.41, 5.74) is 8.83. The molecule has 10 rings (SSSR count). The molecular weight excluding hydrogens is 1160 g/mol. The summed E-state index contributed by atoms with van der Waals surface area (Å²) in [5.74, 6) is -0.0581. The van der Waals surface area contributed by atoms with Gasteiger partial charge in [0.2, 0.25) is 29.5 Å². The Morgan fingerprint density at radius 2 is 1.34 bits per heavy atom. The van der Waals surface area contributed by atoms with E-state index in [4.69, 9.17) is 18.4 Å². The number of Topliss-reactive ketones (excluding diaryl/α,β-unsaturated/α-hetero) is 1. The quantitative estimate of drug-likeness (QED) is 0.0153. The van der Waals surface area contributed by atoms with Crippen LogP contribution in [0.25, 0.3) is 0 Å². The van der Waals surface area contributed by atoms with Crippen LogP contribution in [0.15, 0.2) is 91.0 Å². The van der Waals surface area contributed by atoms with Crippen molar-refractivity contribution < 1.29 is 64.7 Å². The maximum atomic E-state index is 14.3. The Bertz CT molecular complexity index is 3700. The Morgan fingerprint density at radius 3 is 1.92 bits per heavy atom. The van der Waals surface area contributed by atoms with Gasteiger partial charge >= 0.3 is 0 Å². The summed E-state index contributed by atoms with van der Waals surface area (Å²) in [6.45, 7) is 6.04. The number of imide groups is 1. The molecule has 22 heteroatoms. The molecule has 18 nitrogen and oxygen atoms in total. The van der Waals surface area contributed by atoms with Crippen molar-refractivity contribution in [2.45, 2.75) is 113 Å². The SMILES string of the molecule is COc1cc2c(cc1OCc1cc(COc3cc4c(cc3C)C(=O)N3c5ccccc5C[C@H]3[C-]=[N+]4C)cc(NC(=O)CCC(C)(C)SSCCC(C(=O)CCCN3C(=O)CC(SC)C3=O)S(=O)(=O)OC)c1)[N+](C)=[C-][C@@H]1Cc3ccccc3N1C2=O. The summed E-state index contributed by atoms with van der Waals surface area (Å²) >= 11 is 1.30. The smallest absolute Gasteiger partial charge is 0.277 e. The van der Waals surface area contributed by atoms with Crippen LogP contribution < -0.4 is 29.3 Å². The fourth-order valence-corrected chi connectivity index (χ4v) is 16.0. The number of ketones is 1. The van der Waals surface area contributed by atoms with Crippen LogP contribution in [0.2, 0.25) is 0 Å². The average molecular weight is 1230 g/mol. The zero-order chi connectivity index (χ0) is 60.5. The molecule has 1 N–H and O–H groups in total. The molecule has 5 aromatic carbocycles. The number of methoxy groups -OCH3 is 1. The van der Waals surface area contributed by atoms with Gasteiger partial charge in [0.15, 0.2) is 11.5 Å². The van der Waals surface area contributed by atoms with Gasteiger partial charge < -0.3 is 38.5 Å². The lowest BCUT2D eigenvalue weighted by atomic mass is 10.1. The number of hydrogen-bond acceptors (Lipinski definition) is 15. The largest absolute Gasteiger partial charge is 0.493 e. The van der Waals surface area contributed by atoms with Crippen molar-refractivity contribution in [2.24, 2.45) is 0 Å². The lowest BCUT2D eigenvalue weighted by Gasteiger charge is -2.23. The summed E-state index contributed by atoms with van der Waals surface area (Å²) < 4.78 is 52.9. The normalized spacial score (nSPS) is 18.3. The van der Waals surface area contributed by atoms with Crippen LogP contribution in [0, 0.1) is 6.92 Å². The predicted octanol–water partition coefficient (Wildman–Crippen LogP) is 9.23. The number of carbonyl (C=O) groups is 6. The van der Waals surface area contributed by atoms with E-state index in [2.05, 4.69) is 17.7 Å². The molecule has 5 heterocycles. The Balaban J connectivity index is 0.825. The zero-order valence-corrected chi connectivity index (χ0v) is 52.0. The minimum absolute atomic E-state index is 0.0121. The Morgan fingerprint density at radius 1 is 0.765 bits per heavy atom. The van der Waals surface area contributed by atoms with Crippen molar-refractivity contribution in [3.05, 3.63) is 130 Å². The van der Waals surface area contributed by atoms with E-state index in [0.29, 0.717) is 76.0 Å². The van der Waals surface area contributed by atoms with Gasteiger partial charge in [-0.15, -0.1) is 0 Å². The van der Waals surface area contributed by atoms with Crippen molar-refractivity contribution in [2.75, 3.05) is 62.0 Å². The number of hydrogen-bond donors (Lipinski definition) is 1. The molecule has 0 aromatic heterocycles. The lowest BCUT2D eigenvalue weighted by Crippen LogP contribution is -2.38. The molecule has 0 spiro atoms. The van der Waals surface area contributed by atoms with Crippen LogP contribution in [-0.2, 0) is 59.5 Å². The summed E-state index contributed by atoms with van der Waals surface area (Å²) in [6, 6.07) is 28.1. The fraction of sp³-hybridized carbons (Fsp3) is 0.397. The molecule has 5 aliphatic heterocycles. The van der Waals surface area contributed by atoms with E-state index in [1.165, 1.54) is 40.5 Å². The van der Waals surface area contributed by atoms with Gasteiger partial charge in [0.25, 0.3) is 10.1 Å². The van der Waals surface area contributed by atoms with Crippen molar-refractivity contribution in [3.63, 3.8) is 0 Å². The van der Waals surface area contributed by atoms with E-state index in [1.807, 2.05) is 128 Å². The Hall–Kier alpha value is -6.98. The molecule has 0 saturated carbocycles. The van der Waals surface area contributed by atoms with Gasteiger partial charge in [-0.3, -0.25) is 37.9 Å². The molecule has 5 amide bonds. The number of rotatable bonds is 24.